The first-order chi connectivity index (χ1) is 9.67. The van der Waals surface area contributed by atoms with Crippen LogP contribution in [0.4, 0.5) is 0 Å². The van der Waals surface area contributed by atoms with Crippen molar-refractivity contribution in [2.75, 3.05) is 14.2 Å². The molecule has 0 N–H and O–H groups in total. The van der Waals surface area contributed by atoms with E-state index in [2.05, 4.69) is 12.2 Å². The second-order valence-electron chi connectivity index (χ2n) is 6.76. The quantitative estimate of drug-likeness (QED) is 0.437. The number of rotatable bonds is 2. The summed E-state index contributed by atoms with van der Waals surface area (Å²) in [6.07, 6.45) is 6.86. The molecule has 4 aliphatic rings. The van der Waals surface area contributed by atoms with Gasteiger partial charge in [0, 0.05) is 0 Å². The highest BCUT2D eigenvalue weighted by Crippen LogP contribution is 2.68. The standard InChI is InChI=1S/C16H20O4/c1-19-15(17)13-9-6-10(14(13)16(18)20-2)12-8-4-3-7(5-8)11(9)12/h3-4,7-14H,5-6H2,1-2H3/t7-,8?,9+,10-,11?,12?,13?,14?/m1/s1. The highest BCUT2D eigenvalue weighted by molar-refractivity contribution is 5.84. The van der Waals surface area contributed by atoms with Crippen molar-refractivity contribution in [3.63, 3.8) is 0 Å². The average Bonchev–Trinajstić information content (AvgIpc) is 3.20. The maximum atomic E-state index is 12.2. The number of allylic oxidation sites excluding steroid dienone is 2. The highest BCUT2D eigenvalue weighted by atomic mass is 16.5. The number of hydrogen-bond donors (Lipinski definition) is 0. The smallest absolute Gasteiger partial charge is 0.309 e. The summed E-state index contributed by atoms with van der Waals surface area (Å²) in [5, 5.41) is 0. The zero-order chi connectivity index (χ0) is 14.0. The van der Waals surface area contributed by atoms with E-state index >= 15 is 0 Å². The minimum absolute atomic E-state index is 0.224. The van der Waals surface area contributed by atoms with Crippen LogP contribution in [-0.2, 0) is 19.1 Å². The summed E-state index contributed by atoms with van der Waals surface area (Å²) in [6.45, 7) is 0. The molecule has 0 amide bonds. The zero-order valence-corrected chi connectivity index (χ0v) is 11.8. The monoisotopic (exact) mass is 276 g/mol. The third-order valence-electron chi connectivity index (χ3n) is 6.37. The van der Waals surface area contributed by atoms with Crippen LogP contribution in [-0.4, -0.2) is 26.2 Å². The van der Waals surface area contributed by atoms with E-state index in [4.69, 9.17) is 9.47 Å². The molecule has 4 nitrogen and oxygen atoms in total. The molecule has 0 aromatic carbocycles. The predicted molar refractivity (Wildman–Crippen MR) is 70.3 cm³/mol. The van der Waals surface area contributed by atoms with Crippen LogP contribution in [0.15, 0.2) is 12.2 Å². The number of carbonyl (C=O) groups is 2. The van der Waals surface area contributed by atoms with Crippen molar-refractivity contribution in [3.8, 4) is 0 Å². The first kappa shape index (κ1) is 12.4. The van der Waals surface area contributed by atoms with Crippen molar-refractivity contribution in [1.29, 1.82) is 0 Å². The van der Waals surface area contributed by atoms with Gasteiger partial charge >= 0.3 is 11.9 Å². The Morgan fingerprint density at radius 1 is 0.850 bits per heavy atom. The van der Waals surface area contributed by atoms with Gasteiger partial charge in [-0.2, -0.15) is 0 Å². The van der Waals surface area contributed by atoms with Crippen molar-refractivity contribution in [2.45, 2.75) is 12.8 Å². The third kappa shape index (κ3) is 1.32. The van der Waals surface area contributed by atoms with Gasteiger partial charge < -0.3 is 9.47 Å². The van der Waals surface area contributed by atoms with Crippen molar-refractivity contribution >= 4 is 11.9 Å². The topological polar surface area (TPSA) is 52.6 Å². The van der Waals surface area contributed by atoms with Gasteiger partial charge in [-0.3, -0.25) is 9.59 Å². The Balaban J connectivity index is 1.72. The molecule has 0 heterocycles. The van der Waals surface area contributed by atoms with E-state index < -0.39 is 0 Å². The first-order valence-electron chi connectivity index (χ1n) is 7.51. The van der Waals surface area contributed by atoms with Gasteiger partial charge in [-0.25, -0.2) is 0 Å². The average molecular weight is 276 g/mol. The van der Waals surface area contributed by atoms with Crippen LogP contribution in [0.25, 0.3) is 0 Å². The van der Waals surface area contributed by atoms with Crippen molar-refractivity contribution in [1.82, 2.24) is 0 Å². The highest BCUT2D eigenvalue weighted by Gasteiger charge is 2.68. The summed E-state index contributed by atoms with van der Waals surface area (Å²) in [5.74, 6) is 1.99. The van der Waals surface area contributed by atoms with Crippen LogP contribution < -0.4 is 0 Å². The van der Waals surface area contributed by atoms with E-state index in [-0.39, 0.29) is 23.8 Å². The van der Waals surface area contributed by atoms with E-state index in [1.807, 2.05) is 0 Å². The molecule has 0 spiro atoms. The summed E-state index contributed by atoms with van der Waals surface area (Å²) < 4.78 is 9.95. The molecule has 108 valence electrons. The van der Waals surface area contributed by atoms with Gasteiger partial charge in [-0.05, 0) is 48.3 Å². The molecule has 3 fully saturated rings. The number of methoxy groups -OCH3 is 2. The molecule has 20 heavy (non-hydrogen) atoms. The molecule has 8 atom stereocenters. The number of hydrogen-bond acceptors (Lipinski definition) is 4. The Bertz CT molecular complexity index is 455. The number of fused-ring (bicyclic) bond motifs is 9. The summed E-state index contributed by atoms with van der Waals surface area (Å²) in [7, 11) is 2.84. The lowest BCUT2D eigenvalue weighted by Gasteiger charge is -2.39. The minimum atomic E-state index is -0.286. The van der Waals surface area contributed by atoms with Gasteiger partial charge in [0.15, 0.2) is 0 Å². The summed E-state index contributed by atoms with van der Waals surface area (Å²) >= 11 is 0. The third-order valence-corrected chi connectivity index (χ3v) is 6.37. The second-order valence-corrected chi connectivity index (χ2v) is 6.76. The largest absolute Gasteiger partial charge is 0.469 e. The van der Waals surface area contributed by atoms with Crippen LogP contribution in [0, 0.1) is 47.3 Å². The van der Waals surface area contributed by atoms with Crippen molar-refractivity contribution < 1.29 is 19.1 Å². The normalized spacial score (nSPS) is 50.3. The molecular formula is C16H20O4. The first-order valence-corrected chi connectivity index (χ1v) is 7.51. The van der Waals surface area contributed by atoms with Crippen LogP contribution in [0.1, 0.15) is 12.8 Å². The number of carbonyl (C=O) groups excluding carboxylic acids is 2. The Morgan fingerprint density at radius 2 is 1.30 bits per heavy atom. The van der Waals surface area contributed by atoms with Gasteiger partial charge in [0.05, 0.1) is 26.1 Å². The van der Waals surface area contributed by atoms with E-state index in [1.165, 1.54) is 20.6 Å². The summed E-state index contributed by atoms with van der Waals surface area (Å²) in [4.78, 5) is 24.4. The molecular weight excluding hydrogens is 256 g/mol. The zero-order valence-electron chi connectivity index (χ0n) is 11.8. The minimum Gasteiger partial charge on any atom is -0.469 e. The molecule has 3 saturated carbocycles. The Labute approximate surface area is 118 Å². The van der Waals surface area contributed by atoms with Gasteiger partial charge in [-0.15, -0.1) is 0 Å². The summed E-state index contributed by atoms with van der Waals surface area (Å²) in [5.41, 5.74) is 0. The predicted octanol–water partition coefficient (Wildman–Crippen LogP) is 1.65. The number of esters is 2. The Morgan fingerprint density at radius 3 is 1.70 bits per heavy atom. The molecule has 4 rings (SSSR count). The molecule has 0 aromatic heterocycles. The second kappa shape index (κ2) is 4.09. The summed E-state index contributed by atoms with van der Waals surface area (Å²) in [6, 6.07) is 0. The molecule has 4 aliphatic carbocycles. The van der Waals surface area contributed by atoms with Crippen molar-refractivity contribution in [2.24, 2.45) is 47.3 Å². The Kier molecular flexibility index (Phi) is 2.54. The van der Waals surface area contributed by atoms with Crippen LogP contribution >= 0.6 is 0 Å². The van der Waals surface area contributed by atoms with Crippen LogP contribution in [0.5, 0.6) is 0 Å². The maximum absolute atomic E-state index is 12.2. The fourth-order valence-corrected chi connectivity index (χ4v) is 5.95. The fourth-order valence-electron chi connectivity index (χ4n) is 5.95. The lowest BCUT2D eigenvalue weighted by molar-refractivity contribution is -0.163. The van der Waals surface area contributed by atoms with Gasteiger partial charge in [-0.1, -0.05) is 12.2 Å². The lowest BCUT2D eigenvalue weighted by atomic mass is 9.65. The van der Waals surface area contributed by atoms with Crippen LogP contribution in [0.2, 0.25) is 0 Å². The van der Waals surface area contributed by atoms with Gasteiger partial charge in [0.2, 0.25) is 0 Å². The van der Waals surface area contributed by atoms with Crippen LogP contribution in [0.3, 0.4) is 0 Å². The molecule has 4 heteroatoms. The lowest BCUT2D eigenvalue weighted by Crippen LogP contribution is -2.44. The van der Waals surface area contributed by atoms with E-state index in [0.29, 0.717) is 35.5 Å². The van der Waals surface area contributed by atoms with Gasteiger partial charge in [0.1, 0.15) is 0 Å². The molecule has 0 aromatic rings. The number of ether oxygens (including phenoxy) is 2. The van der Waals surface area contributed by atoms with E-state index in [9.17, 15) is 9.59 Å². The SMILES string of the molecule is COC(=O)C1C(C(=O)OC)[C@@H]2C[C@H]1C1C2C2C=C[C@@H]1C2. The Hall–Kier alpha value is -1.32. The van der Waals surface area contributed by atoms with E-state index in [0.717, 1.165) is 6.42 Å². The fraction of sp³-hybridized carbons (Fsp3) is 0.750. The van der Waals surface area contributed by atoms with Gasteiger partial charge in [0.25, 0.3) is 0 Å². The molecule has 0 radical (unpaired) electrons. The molecule has 0 aliphatic heterocycles. The van der Waals surface area contributed by atoms with Crippen molar-refractivity contribution in [3.05, 3.63) is 12.2 Å². The molecule has 0 saturated heterocycles. The maximum Gasteiger partial charge on any atom is 0.309 e. The molecule has 5 unspecified atom stereocenters. The molecule has 4 bridgehead atoms. The van der Waals surface area contributed by atoms with E-state index in [1.54, 1.807) is 0 Å².